The largest absolute Gasteiger partial charge is 0.285 e. The van der Waals surface area contributed by atoms with E-state index in [2.05, 4.69) is 10.4 Å². The number of nitrogens with zero attached hydrogens (tertiary/aromatic N) is 2. The first-order valence-corrected chi connectivity index (χ1v) is 7.68. The number of hydrogen-bond donors (Lipinski definition) is 1. The lowest BCUT2D eigenvalue weighted by atomic mass is 10.2. The molecule has 0 bridgehead atoms. The van der Waals surface area contributed by atoms with Crippen LogP contribution in [-0.2, 0) is 9.59 Å². The fourth-order valence-electron chi connectivity index (χ4n) is 2.02. The van der Waals surface area contributed by atoms with E-state index < -0.39 is 0 Å². The Kier molecular flexibility index (Phi) is 3.91. The summed E-state index contributed by atoms with van der Waals surface area (Å²) in [6.07, 6.45) is 1.67. The Morgan fingerprint density at radius 1 is 1.32 bits per heavy atom. The minimum atomic E-state index is -0.347. The van der Waals surface area contributed by atoms with Crippen LogP contribution in [0.4, 0.5) is 0 Å². The monoisotopic (exact) mass is 329 g/mol. The van der Waals surface area contributed by atoms with Gasteiger partial charge in [0.1, 0.15) is 0 Å². The number of hydrogen-bond acceptors (Lipinski definition) is 5. The zero-order valence-electron chi connectivity index (χ0n) is 11.6. The van der Waals surface area contributed by atoms with Crippen molar-refractivity contribution in [3.63, 3.8) is 0 Å². The van der Waals surface area contributed by atoms with Crippen molar-refractivity contribution >= 4 is 57.1 Å². The molecule has 1 aromatic heterocycles. The second-order valence-corrected chi connectivity index (χ2v) is 6.29. The van der Waals surface area contributed by atoms with E-state index in [0.29, 0.717) is 14.9 Å². The van der Waals surface area contributed by atoms with Crippen LogP contribution in [0.15, 0.2) is 41.3 Å². The van der Waals surface area contributed by atoms with Gasteiger partial charge in [0.15, 0.2) is 4.32 Å². The third-order valence-electron chi connectivity index (χ3n) is 2.96. The van der Waals surface area contributed by atoms with E-state index in [-0.39, 0.29) is 11.8 Å². The zero-order chi connectivity index (χ0) is 15.7. The van der Waals surface area contributed by atoms with Gasteiger partial charge in [-0.25, -0.2) is 4.98 Å². The van der Waals surface area contributed by atoms with Gasteiger partial charge in [-0.1, -0.05) is 36.0 Å². The van der Waals surface area contributed by atoms with E-state index in [1.807, 2.05) is 36.4 Å². The number of thiocarbonyl (C=S) groups is 1. The van der Waals surface area contributed by atoms with Gasteiger partial charge < -0.3 is 0 Å². The summed E-state index contributed by atoms with van der Waals surface area (Å²) in [7, 11) is 0. The number of thioether (sulfide) groups is 1. The molecule has 3 rings (SSSR count). The lowest BCUT2D eigenvalue weighted by Crippen LogP contribution is -2.43. The number of pyridine rings is 1. The molecule has 0 radical (unpaired) electrons. The Balaban J connectivity index is 1.92. The number of rotatable bonds is 2. The molecule has 1 saturated heterocycles. The van der Waals surface area contributed by atoms with Crippen molar-refractivity contribution < 1.29 is 9.59 Å². The highest BCUT2D eigenvalue weighted by molar-refractivity contribution is 8.26. The number of fused-ring (bicyclic) bond motifs is 1. The van der Waals surface area contributed by atoms with Gasteiger partial charge in [-0.3, -0.25) is 15.0 Å². The zero-order valence-corrected chi connectivity index (χ0v) is 13.2. The van der Waals surface area contributed by atoms with Crippen molar-refractivity contribution in [3.8, 4) is 0 Å². The molecular formula is C15H11N3O2S2. The second kappa shape index (κ2) is 5.86. The summed E-state index contributed by atoms with van der Waals surface area (Å²) in [5.41, 5.74) is 3.93. The summed E-state index contributed by atoms with van der Waals surface area (Å²) in [5, 5.41) is 2.11. The van der Waals surface area contributed by atoms with E-state index in [4.69, 9.17) is 12.2 Å². The number of aromatic nitrogens is 1. The highest BCUT2D eigenvalue weighted by Crippen LogP contribution is 2.31. The van der Waals surface area contributed by atoms with E-state index >= 15 is 0 Å². The molecule has 5 nitrogen and oxygen atoms in total. The Bertz CT molecular complexity index is 832. The van der Waals surface area contributed by atoms with Gasteiger partial charge in [0.2, 0.25) is 5.91 Å². The quantitative estimate of drug-likeness (QED) is 0.677. The first-order valence-electron chi connectivity index (χ1n) is 6.45. The van der Waals surface area contributed by atoms with Crippen molar-refractivity contribution in [1.29, 1.82) is 0 Å². The molecule has 2 amide bonds. The molecule has 1 N–H and O–H groups in total. The highest BCUT2D eigenvalue weighted by Gasteiger charge is 2.33. The summed E-state index contributed by atoms with van der Waals surface area (Å²) >= 11 is 6.24. The lowest BCUT2D eigenvalue weighted by molar-refractivity contribution is -0.131. The molecule has 110 valence electrons. The number of amides is 2. The molecule has 1 aliphatic heterocycles. The van der Waals surface area contributed by atoms with E-state index in [1.165, 1.54) is 6.92 Å². The Hall–Kier alpha value is -2.25. The predicted octanol–water partition coefficient (Wildman–Crippen LogP) is 2.49. The molecule has 2 aromatic rings. The number of nitrogens with one attached hydrogen (secondary N) is 1. The first-order chi connectivity index (χ1) is 10.5. The van der Waals surface area contributed by atoms with Gasteiger partial charge in [0.05, 0.1) is 16.1 Å². The SMILES string of the molecule is CC(=O)NN1C(=O)/C(=C/c2ccc3ccccc3n2)SC1=S. The van der Waals surface area contributed by atoms with Crippen LogP contribution in [0.2, 0.25) is 0 Å². The maximum atomic E-state index is 12.2. The van der Waals surface area contributed by atoms with E-state index in [1.54, 1.807) is 6.08 Å². The summed E-state index contributed by atoms with van der Waals surface area (Å²) in [4.78, 5) is 28.2. The molecule has 2 heterocycles. The van der Waals surface area contributed by atoms with Crippen molar-refractivity contribution in [2.24, 2.45) is 0 Å². The topological polar surface area (TPSA) is 62.3 Å². The van der Waals surface area contributed by atoms with Gasteiger partial charge in [-0.2, -0.15) is 5.01 Å². The van der Waals surface area contributed by atoms with Crippen LogP contribution in [0, 0.1) is 0 Å². The second-order valence-electron chi connectivity index (χ2n) is 4.61. The number of hydrazine groups is 1. The van der Waals surface area contributed by atoms with Crippen molar-refractivity contribution in [3.05, 3.63) is 47.0 Å². The Morgan fingerprint density at radius 2 is 2.09 bits per heavy atom. The normalized spacial score (nSPS) is 16.6. The third-order valence-corrected chi connectivity index (χ3v) is 4.26. The van der Waals surface area contributed by atoms with Crippen LogP contribution in [0.5, 0.6) is 0 Å². The number of para-hydroxylation sites is 1. The third kappa shape index (κ3) is 2.86. The summed E-state index contributed by atoms with van der Waals surface area (Å²) in [6.45, 7) is 1.33. The summed E-state index contributed by atoms with van der Waals surface area (Å²) < 4.78 is 0.298. The molecule has 0 aliphatic carbocycles. The molecule has 1 aliphatic rings. The van der Waals surface area contributed by atoms with Crippen molar-refractivity contribution in [1.82, 2.24) is 15.4 Å². The number of benzene rings is 1. The van der Waals surface area contributed by atoms with Crippen molar-refractivity contribution in [2.45, 2.75) is 6.92 Å². The highest BCUT2D eigenvalue weighted by atomic mass is 32.2. The lowest BCUT2D eigenvalue weighted by Gasteiger charge is -2.13. The molecule has 0 saturated carbocycles. The molecule has 7 heteroatoms. The van der Waals surface area contributed by atoms with E-state index in [9.17, 15) is 9.59 Å². The standard InChI is InChI=1S/C15H11N3O2S2/c1-9(19)17-18-14(20)13(22-15(18)21)8-11-7-6-10-4-2-3-5-12(10)16-11/h2-8H,1H3,(H,17,19)/b13-8-. The molecule has 1 fully saturated rings. The fourth-order valence-corrected chi connectivity index (χ4v) is 3.18. The Labute approximate surface area is 136 Å². The maximum Gasteiger partial charge on any atom is 0.285 e. The van der Waals surface area contributed by atoms with Crippen LogP contribution in [0.25, 0.3) is 17.0 Å². The summed E-state index contributed by atoms with van der Waals surface area (Å²) in [6, 6.07) is 11.5. The minimum absolute atomic E-state index is 0.298. The van der Waals surface area contributed by atoms with Crippen LogP contribution in [-0.4, -0.2) is 26.1 Å². The molecule has 0 spiro atoms. The van der Waals surface area contributed by atoms with Crippen LogP contribution in [0.1, 0.15) is 12.6 Å². The van der Waals surface area contributed by atoms with Gasteiger partial charge in [-0.05, 0) is 30.4 Å². The summed E-state index contributed by atoms with van der Waals surface area (Å²) in [5.74, 6) is -0.693. The molecule has 0 atom stereocenters. The van der Waals surface area contributed by atoms with Gasteiger partial charge in [-0.15, -0.1) is 0 Å². The molecule has 1 aromatic carbocycles. The van der Waals surface area contributed by atoms with E-state index in [0.717, 1.165) is 27.7 Å². The van der Waals surface area contributed by atoms with Gasteiger partial charge in [0.25, 0.3) is 5.91 Å². The van der Waals surface area contributed by atoms with Gasteiger partial charge >= 0.3 is 0 Å². The van der Waals surface area contributed by atoms with Crippen LogP contribution >= 0.6 is 24.0 Å². The maximum absolute atomic E-state index is 12.2. The number of carbonyl (C=O) groups is 2. The smallest absolute Gasteiger partial charge is 0.274 e. The van der Waals surface area contributed by atoms with Crippen LogP contribution in [0.3, 0.4) is 0 Å². The molecule has 0 unspecified atom stereocenters. The molecule has 22 heavy (non-hydrogen) atoms. The molecular weight excluding hydrogens is 318 g/mol. The average Bonchev–Trinajstić information content (AvgIpc) is 2.74. The van der Waals surface area contributed by atoms with Crippen molar-refractivity contribution in [2.75, 3.05) is 0 Å². The average molecular weight is 329 g/mol. The van der Waals surface area contributed by atoms with Crippen LogP contribution < -0.4 is 5.43 Å². The Morgan fingerprint density at radius 3 is 2.86 bits per heavy atom. The predicted molar refractivity (Wildman–Crippen MR) is 90.6 cm³/mol. The number of carbonyl (C=O) groups excluding carboxylic acids is 2. The van der Waals surface area contributed by atoms with Gasteiger partial charge in [0, 0.05) is 12.3 Å². The first kappa shape index (κ1) is 14.7. The fraction of sp³-hybridized carbons (Fsp3) is 0.0667. The minimum Gasteiger partial charge on any atom is -0.274 e.